The topological polar surface area (TPSA) is 32.3 Å². The van der Waals surface area contributed by atoms with Gasteiger partial charge in [0.05, 0.1) is 0 Å². The quantitative estimate of drug-likeness (QED) is 0.395. The summed E-state index contributed by atoms with van der Waals surface area (Å²) in [4.78, 5) is 14.1. The molecule has 1 aliphatic rings. The molecule has 0 radical (unpaired) electrons. The van der Waals surface area contributed by atoms with Gasteiger partial charge < -0.3 is 4.90 Å². The van der Waals surface area contributed by atoms with Gasteiger partial charge in [-0.2, -0.15) is 0 Å². The fourth-order valence-corrected chi connectivity index (χ4v) is 4.35. The molecule has 1 aliphatic heterocycles. The second-order valence-electron chi connectivity index (χ2n) is 7.01. The monoisotopic (exact) mass is 370 g/mol. The normalized spacial score (nSPS) is 15.4. The standard InChI is InChI=1S/C21H30N4S/c1-18-17-19(2)23-21(22-18)26-16-8-4-7-11-24-12-14-25(15-13-24)20-9-5-3-6-10-20/h3,5-6,9-10,17H,4,7-8,11-16H2,1-2H3. The summed E-state index contributed by atoms with van der Waals surface area (Å²) in [5.41, 5.74) is 3.49. The third-order valence-electron chi connectivity index (χ3n) is 4.81. The molecule has 0 spiro atoms. The van der Waals surface area contributed by atoms with Crippen LogP contribution in [0.2, 0.25) is 0 Å². The summed E-state index contributed by atoms with van der Waals surface area (Å²) < 4.78 is 0. The van der Waals surface area contributed by atoms with Gasteiger partial charge in [-0.1, -0.05) is 36.4 Å². The molecule has 4 nitrogen and oxygen atoms in total. The number of hydrogen-bond donors (Lipinski definition) is 0. The fraction of sp³-hybridized carbons (Fsp3) is 0.524. The Labute approximate surface area is 162 Å². The van der Waals surface area contributed by atoms with Crippen LogP contribution in [0.25, 0.3) is 0 Å². The van der Waals surface area contributed by atoms with E-state index in [0.29, 0.717) is 0 Å². The van der Waals surface area contributed by atoms with Gasteiger partial charge in [-0.3, -0.25) is 4.90 Å². The fourth-order valence-electron chi connectivity index (χ4n) is 3.40. The molecular weight excluding hydrogens is 340 g/mol. The predicted molar refractivity (Wildman–Crippen MR) is 111 cm³/mol. The SMILES string of the molecule is Cc1cc(C)nc(SCCCCCN2CCN(c3ccccc3)CC2)n1. The second kappa shape index (κ2) is 9.93. The highest BCUT2D eigenvalue weighted by Gasteiger charge is 2.16. The zero-order valence-electron chi connectivity index (χ0n) is 16.0. The molecule has 0 unspecified atom stereocenters. The highest BCUT2D eigenvalue weighted by atomic mass is 32.2. The molecule has 5 heteroatoms. The van der Waals surface area contributed by atoms with E-state index in [1.165, 1.54) is 44.6 Å². The Balaban J connectivity index is 1.27. The molecule has 0 amide bonds. The maximum absolute atomic E-state index is 4.50. The lowest BCUT2D eigenvalue weighted by Gasteiger charge is -2.36. The van der Waals surface area contributed by atoms with E-state index in [2.05, 4.69) is 50.1 Å². The summed E-state index contributed by atoms with van der Waals surface area (Å²) in [5, 5.41) is 0.930. The number of hydrogen-bond acceptors (Lipinski definition) is 5. The summed E-state index contributed by atoms with van der Waals surface area (Å²) in [5.74, 6) is 1.12. The molecule has 0 bridgehead atoms. The molecule has 3 rings (SSSR count). The lowest BCUT2D eigenvalue weighted by atomic mass is 10.2. The molecule has 1 saturated heterocycles. The van der Waals surface area contributed by atoms with E-state index in [0.717, 1.165) is 35.4 Å². The van der Waals surface area contributed by atoms with Crippen LogP contribution in [0.15, 0.2) is 41.6 Å². The predicted octanol–water partition coefficient (Wildman–Crippen LogP) is 4.18. The number of thioether (sulfide) groups is 1. The Kier molecular flexibility index (Phi) is 7.32. The molecule has 1 aromatic carbocycles. The van der Waals surface area contributed by atoms with E-state index in [1.54, 1.807) is 11.8 Å². The number of aromatic nitrogens is 2. The lowest BCUT2D eigenvalue weighted by Crippen LogP contribution is -2.46. The smallest absolute Gasteiger partial charge is 0.187 e. The third-order valence-corrected chi connectivity index (χ3v) is 5.74. The Morgan fingerprint density at radius 3 is 2.27 bits per heavy atom. The minimum atomic E-state index is 0.930. The Bertz CT molecular complexity index is 649. The van der Waals surface area contributed by atoms with Crippen molar-refractivity contribution in [2.45, 2.75) is 38.3 Å². The van der Waals surface area contributed by atoms with Crippen molar-refractivity contribution in [1.29, 1.82) is 0 Å². The number of anilines is 1. The third kappa shape index (κ3) is 5.99. The van der Waals surface area contributed by atoms with Crippen molar-refractivity contribution in [1.82, 2.24) is 14.9 Å². The van der Waals surface area contributed by atoms with Crippen LogP contribution in [0.4, 0.5) is 5.69 Å². The van der Waals surface area contributed by atoms with Crippen molar-refractivity contribution in [3.05, 3.63) is 47.8 Å². The summed E-state index contributed by atoms with van der Waals surface area (Å²) >= 11 is 1.79. The molecule has 1 fully saturated rings. The number of nitrogens with zero attached hydrogens (tertiary/aromatic N) is 4. The van der Waals surface area contributed by atoms with Crippen LogP contribution >= 0.6 is 11.8 Å². The Hall–Kier alpha value is -1.59. The number of unbranched alkanes of at least 4 members (excludes halogenated alkanes) is 2. The number of piperazine rings is 1. The molecule has 0 N–H and O–H groups in total. The van der Waals surface area contributed by atoms with Crippen LogP contribution in [-0.2, 0) is 0 Å². The molecule has 140 valence electrons. The van der Waals surface area contributed by atoms with Crippen LogP contribution in [0.5, 0.6) is 0 Å². The van der Waals surface area contributed by atoms with Crippen molar-refractivity contribution in [2.75, 3.05) is 43.4 Å². The van der Waals surface area contributed by atoms with Crippen molar-refractivity contribution in [2.24, 2.45) is 0 Å². The van der Waals surface area contributed by atoms with Crippen LogP contribution < -0.4 is 4.90 Å². The Morgan fingerprint density at radius 1 is 0.885 bits per heavy atom. The first-order chi connectivity index (χ1) is 12.7. The van der Waals surface area contributed by atoms with E-state index in [-0.39, 0.29) is 0 Å². The maximum Gasteiger partial charge on any atom is 0.187 e. The van der Waals surface area contributed by atoms with Crippen molar-refractivity contribution < 1.29 is 0 Å². The maximum atomic E-state index is 4.50. The molecule has 26 heavy (non-hydrogen) atoms. The zero-order valence-corrected chi connectivity index (χ0v) is 16.8. The lowest BCUT2D eigenvalue weighted by molar-refractivity contribution is 0.253. The molecule has 0 atom stereocenters. The molecule has 1 aromatic heterocycles. The van der Waals surface area contributed by atoms with Gasteiger partial charge in [-0.15, -0.1) is 0 Å². The van der Waals surface area contributed by atoms with E-state index in [1.807, 2.05) is 19.9 Å². The largest absolute Gasteiger partial charge is 0.369 e. The highest BCUT2D eigenvalue weighted by molar-refractivity contribution is 7.99. The summed E-state index contributed by atoms with van der Waals surface area (Å²) in [7, 11) is 0. The van der Waals surface area contributed by atoms with Crippen molar-refractivity contribution in [3.8, 4) is 0 Å². The zero-order chi connectivity index (χ0) is 18.2. The van der Waals surface area contributed by atoms with Crippen molar-refractivity contribution in [3.63, 3.8) is 0 Å². The first kappa shape index (κ1) is 19.2. The minimum absolute atomic E-state index is 0.930. The first-order valence-corrected chi connectivity index (χ1v) is 10.7. The Morgan fingerprint density at radius 2 is 1.58 bits per heavy atom. The minimum Gasteiger partial charge on any atom is -0.369 e. The molecule has 0 aliphatic carbocycles. The van der Waals surface area contributed by atoms with Gasteiger partial charge >= 0.3 is 0 Å². The van der Waals surface area contributed by atoms with Crippen molar-refractivity contribution >= 4 is 17.4 Å². The summed E-state index contributed by atoms with van der Waals surface area (Å²) in [6, 6.07) is 12.8. The van der Waals surface area contributed by atoms with Crippen LogP contribution in [-0.4, -0.2) is 53.3 Å². The van der Waals surface area contributed by atoms with Crippen LogP contribution in [0.3, 0.4) is 0 Å². The van der Waals surface area contributed by atoms with E-state index in [4.69, 9.17) is 0 Å². The van der Waals surface area contributed by atoms with Gasteiger partial charge in [0.25, 0.3) is 0 Å². The van der Waals surface area contributed by atoms with Gasteiger partial charge in [0.2, 0.25) is 0 Å². The van der Waals surface area contributed by atoms with E-state index < -0.39 is 0 Å². The average Bonchev–Trinajstić information content (AvgIpc) is 2.65. The number of rotatable bonds is 8. The van der Waals surface area contributed by atoms with Gasteiger partial charge in [-0.05, 0) is 51.4 Å². The van der Waals surface area contributed by atoms with Gasteiger partial charge in [-0.25, -0.2) is 9.97 Å². The molecule has 2 aromatic rings. The summed E-state index contributed by atoms with van der Waals surface area (Å²) in [6.07, 6.45) is 3.82. The first-order valence-electron chi connectivity index (χ1n) is 9.68. The van der Waals surface area contributed by atoms with Gasteiger partial charge in [0.15, 0.2) is 5.16 Å². The van der Waals surface area contributed by atoms with Gasteiger partial charge in [0, 0.05) is 49.0 Å². The molecule has 2 heterocycles. The highest BCUT2D eigenvalue weighted by Crippen LogP contribution is 2.18. The van der Waals surface area contributed by atoms with Crippen LogP contribution in [0.1, 0.15) is 30.7 Å². The van der Waals surface area contributed by atoms with Crippen LogP contribution in [0, 0.1) is 13.8 Å². The molecule has 0 saturated carbocycles. The molecular formula is C21H30N4S. The van der Waals surface area contributed by atoms with Gasteiger partial charge in [0.1, 0.15) is 0 Å². The summed E-state index contributed by atoms with van der Waals surface area (Å²) in [6.45, 7) is 9.95. The second-order valence-corrected chi connectivity index (χ2v) is 8.07. The number of aryl methyl sites for hydroxylation is 2. The van der Waals surface area contributed by atoms with E-state index >= 15 is 0 Å². The number of benzene rings is 1. The van der Waals surface area contributed by atoms with E-state index in [9.17, 15) is 0 Å². The average molecular weight is 371 g/mol. The number of para-hydroxylation sites is 1.